The van der Waals surface area contributed by atoms with E-state index in [-0.39, 0.29) is 16.9 Å². The van der Waals surface area contributed by atoms with Gasteiger partial charge < -0.3 is 5.11 Å². The van der Waals surface area contributed by atoms with Crippen LogP contribution in [0.2, 0.25) is 0 Å². The number of halogens is 1. The molecule has 1 aromatic heterocycles. The topological polar surface area (TPSA) is 55.1 Å². The van der Waals surface area contributed by atoms with Gasteiger partial charge in [0, 0.05) is 11.0 Å². The first-order valence-electron chi connectivity index (χ1n) is 6.31. The summed E-state index contributed by atoms with van der Waals surface area (Å²) < 4.78 is 14.6. The van der Waals surface area contributed by atoms with Crippen LogP contribution >= 0.6 is 0 Å². The van der Waals surface area contributed by atoms with Crippen LogP contribution in [0.1, 0.15) is 42.5 Å². The minimum atomic E-state index is -1.06. The normalized spacial score (nSPS) is 11.7. The Kier molecular flexibility index (Phi) is 3.38. The van der Waals surface area contributed by atoms with E-state index >= 15 is 0 Å². The molecule has 0 atom stereocenters. The number of aromatic carboxylic acids is 1. The molecule has 0 unspecified atom stereocenters. The third-order valence-electron chi connectivity index (χ3n) is 3.11. The average Bonchev–Trinajstić information content (AvgIpc) is 2.67. The fourth-order valence-corrected chi connectivity index (χ4v) is 2.35. The zero-order valence-corrected chi connectivity index (χ0v) is 11.9. The summed E-state index contributed by atoms with van der Waals surface area (Å²) in [5.41, 5.74) is 1.83. The van der Waals surface area contributed by atoms with Crippen molar-refractivity contribution in [1.82, 2.24) is 9.78 Å². The van der Waals surface area contributed by atoms with Crippen molar-refractivity contribution in [3.8, 4) is 5.69 Å². The quantitative estimate of drug-likeness (QED) is 0.915. The predicted octanol–water partition coefficient (Wildman–Crippen LogP) is 3.32. The molecule has 0 amide bonds. The number of aromatic nitrogens is 2. The van der Waals surface area contributed by atoms with E-state index in [1.54, 1.807) is 23.7 Å². The van der Waals surface area contributed by atoms with Crippen LogP contribution in [-0.2, 0) is 5.41 Å². The van der Waals surface area contributed by atoms with E-state index in [0.717, 1.165) is 5.69 Å². The molecule has 0 aliphatic carbocycles. The van der Waals surface area contributed by atoms with Crippen molar-refractivity contribution in [2.45, 2.75) is 33.1 Å². The third kappa shape index (κ3) is 2.43. The number of carboxylic acids is 1. The van der Waals surface area contributed by atoms with Gasteiger partial charge in [-0.25, -0.2) is 13.9 Å². The molecule has 106 valence electrons. The molecule has 4 nitrogen and oxygen atoms in total. The summed E-state index contributed by atoms with van der Waals surface area (Å²) in [5.74, 6) is -1.40. The Hall–Kier alpha value is -2.17. The van der Waals surface area contributed by atoms with Crippen LogP contribution < -0.4 is 0 Å². The van der Waals surface area contributed by atoms with E-state index < -0.39 is 5.97 Å². The molecule has 2 rings (SSSR count). The van der Waals surface area contributed by atoms with Gasteiger partial charge in [0.15, 0.2) is 5.69 Å². The summed E-state index contributed by atoms with van der Waals surface area (Å²) in [6.07, 6.45) is 0. The second-order valence-corrected chi connectivity index (χ2v) is 5.77. The van der Waals surface area contributed by atoms with Gasteiger partial charge in [0.1, 0.15) is 5.82 Å². The molecule has 1 N–H and O–H groups in total. The van der Waals surface area contributed by atoms with Crippen molar-refractivity contribution < 1.29 is 14.3 Å². The lowest BCUT2D eigenvalue weighted by Gasteiger charge is -2.21. The van der Waals surface area contributed by atoms with Gasteiger partial charge in [-0.15, -0.1) is 0 Å². The lowest BCUT2D eigenvalue weighted by molar-refractivity contribution is 0.0689. The molecule has 0 aliphatic rings. The SMILES string of the molecule is Cc1c(C(=O)O)nn(-c2ccc(F)cc2)c1C(C)(C)C. The van der Waals surface area contributed by atoms with Crippen molar-refractivity contribution in [3.63, 3.8) is 0 Å². The largest absolute Gasteiger partial charge is 0.476 e. The molecular weight excluding hydrogens is 259 g/mol. The van der Waals surface area contributed by atoms with E-state index in [9.17, 15) is 14.3 Å². The summed E-state index contributed by atoms with van der Waals surface area (Å²) in [6.45, 7) is 7.71. The Labute approximate surface area is 116 Å². The number of hydrogen-bond donors (Lipinski definition) is 1. The summed E-state index contributed by atoms with van der Waals surface area (Å²) in [4.78, 5) is 11.3. The first kappa shape index (κ1) is 14.2. The molecule has 0 spiro atoms. The van der Waals surface area contributed by atoms with Crippen LogP contribution in [0, 0.1) is 12.7 Å². The van der Waals surface area contributed by atoms with Gasteiger partial charge in [-0.3, -0.25) is 0 Å². The highest BCUT2D eigenvalue weighted by molar-refractivity contribution is 5.87. The van der Waals surface area contributed by atoms with Crippen LogP contribution in [0.4, 0.5) is 4.39 Å². The van der Waals surface area contributed by atoms with Crippen LogP contribution in [-0.4, -0.2) is 20.9 Å². The first-order valence-corrected chi connectivity index (χ1v) is 6.31. The predicted molar refractivity (Wildman–Crippen MR) is 73.9 cm³/mol. The van der Waals surface area contributed by atoms with Crippen LogP contribution in [0.3, 0.4) is 0 Å². The zero-order valence-electron chi connectivity index (χ0n) is 11.9. The van der Waals surface area contributed by atoms with Crippen molar-refractivity contribution in [2.75, 3.05) is 0 Å². The van der Waals surface area contributed by atoms with Crippen molar-refractivity contribution >= 4 is 5.97 Å². The van der Waals surface area contributed by atoms with E-state index in [4.69, 9.17) is 0 Å². The molecule has 1 aromatic carbocycles. The average molecular weight is 276 g/mol. The Bertz CT molecular complexity index is 652. The van der Waals surface area contributed by atoms with Crippen molar-refractivity contribution in [1.29, 1.82) is 0 Å². The third-order valence-corrected chi connectivity index (χ3v) is 3.11. The molecule has 0 bridgehead atoms. The fraction of sp³-hybridized carbons (Fsp3) is 0.333. The fourth-order valence-electron chi connectivity index (χ4n) is 2.35. The maximum Gasteiger partial charge on any atom is 0.356 e. The lowest BCUT2D eigenvalue weighted by atomic mass is 9.88. The number of carbonyl (C=O) groups is 1. The molecule has 0 radical (unpaired) electrons. The molecule has 5 heteroatoms. The zero-order chi connectivity index (χ0) is 15.1. The van der Waals surface area contributed by atoms with Gasteiger partial charge in [0.05, 0.1) is 11.4 Å². The monoisotopic (exact) mass is 276 g/mol. The standard InChI is InChI=1S/C15H17FN2O2/c1-9-12(14(19)20)17-18(13(9)15(2,3)4)11-7-5-10(16)6-8-11/h5-8H,1-4H3,(H,19,20). The maximum absolute atomic E-state index is 13.0. The number of rotatable bonds is 2. The Morgan fingerprint density at radius 3 is 2.25 bits per heavy atom. The van der Waals surface area contributed by atoms with Crippen molar-refractivity contribution in [3.05, 3.63) is 47.0 Å². The highest BCUT2D eigenvalue weighted by Gasteiger charge is 2.28. The van der Waals surface area contributed by atoms with Crippen LogP contribution in [0.5, 0.6) is 0 Å². The maximum atomic E-state index is 13.0. The first-order chi connectivity index (χ1) is 9.21. The van der Waals surface area contributed by atoms with Gasteiger partial charge in [-0.05, 0) is 31.2 Å². The summed E-state index contributed by atoms with van der Waals surface area (Å²) in [6, 6.07) is 5.84. The number of hydrogen-bond acceptors (Lipinski definition) is 2. The second-order valence-electron chi connectivity index (χ2n) is 5.77. The molecule has 2 aromatic rings. The van der Waals surface area contributed by atoms with Gasteiger partial charge in [0.2, 0.25) is 0 Å². The molecular formula is C15H17FN2O2. The van der Waals surface area contributed by atoms with Crippen LogP contribution in [0.25, 0.3) is 5.69 Å². The molecule has 20 heavy (non-hydrogen) atoms. The molecule has 1 heterocycles. The van der Waals surface area contributed by atoms with Gasteiger partial charge >= 0.3 is 5.97 Å². The summed E-state index contributed by atoms with van der Waals surface area (Å²) >= 11 is 0. The molecule has 0 fully saturated rings. The molecule has 0 saturated heterocycles. The van der Waals surface area contributed by atoms with E-state index in [0.29, 0.717) is 11.3 Å². The van der Waals surface area contributed by atoms with E-state index in [1.165, 1.54) is 12.1 Å². The van der Waals surface area contributed by atoms with Gasteiger partial charge in [-0.2, -0.15) is 5.10 Å². The number of nitrogens with zero attached hydrogens (tertiary/aromatic N) is 2. The summed E-state index contributed by atoms with van der Waals surface area (Å²) in [5, 5.41) is 13.4. The number of carboxylic acid groups (broad SMARTS) is 1. The minimum absolute atomic E-state index is 0.0271. The summed E-state index contributed by atoms with van der Waals surface area (Å²) in [7, 11) is 0. The van der Waals surface area contributed by atoms with Crippen LogP contribution in [0.15, 0.2) is 24.3 Å². The smallest absolute Gasteiger partial charge is 0.356 e. The molecule has 0 aliphatic heterocycles. The second kappa shape index (κ2) is 4.74. The minimum Gasteiger partial charge on any atom is -0.476 e. The van der Waals surface area contributed by atoms with Gasteiger partial charge in [-0.1, -0.05) is 20.8 Å². The Morgan fingerprint density at radius 1 is 1.25 bits per heavy atom. The van der Waals surface area contributed by atoms with E-state index in [2.05, 4.69) is 5.10 Å². The Balaban J connectivity index is 2.72. The molecule has 0 saturated carbocycles. The van der Waals surface area contributed by atoms with E-state index in [1.807, 2.05) is 20.8 Å². The number of benzene rings is 1. The highest BCUT2D eigenvalue weighted by atomic mass is 19.1. The highest BCUT2D eigenvalue weighted by Crippen LogP contribution is 2.30. The van der Waals surface area contributed by atoms with Gasteiger partial charge in [0.25, 0.3) is 0 Å². The Morgan fingerprint density at radius 2 is 1.80 bits per heavy atom. The lowest BCUT2D eigenvalue weighted by Crippen LogP contribution is -2.18. The van der Waals surface area contributed by atoms with Crippen molar-refractivity contribution in [2.24, 2.45) is 0 Å².